The topological polar surface area (TPSA) is 68.1 Å². The average molecular weight is 323 g/mol. The highest BCUT2D eigenvalue weighted by Crippen LogP contribution is 2.45. The van der Waals surface area contributed by atoms with Crippen molar-refractivity contribution in [2.45, 2.75) is 71.8 Å². The van der Waals surface area contributed by atoms with Crippen molar-refractivity contribution in [1.29, 1.82) is 0 Å². The minimum Gasteiger partial charge on any atom is -0.511 e. The fourth-order valence-corrected chi connectivity index (χ4v) is 4.11. The van der Waals surface area contributed by atoms with Crippen molar-refractivity contribution in [2.75, 3.05) is 6.61 Å². The second-order valence-electron chi connectivity index (χ2n) is 7.13. The van der Waals surface area contributed by atoms with Crippen LogP contribution in [-0.4, -0.2) is 29.0 Å². The van der Waals surface area contributed by atoms with Crippen molar-refractivity contribution in [1.82, 2.24) is 0 Å². The van der Waals surface area contributed by atoms with Crippen LogP contribution in [0.4, 0.5) is 0 Å². The average Bonchev–Trinajstić information content (AvgIpc) is 2.42. The van der Waals surface area contributed by atoms with Crippen molar-refractivity contribution in [3.8, 4) is 0 Å². The molecule has 0 aromatic rings. The van der Waals surface area contributed by atoms with E-state index in [0.717, 1.165) is 25.7 Å². The lowest BCUT2D eigenvalue weighted by Crippen LogP contribution is -2.46. The van der Waals surface area contributed by atoms with E-state index in [2.05, 4.69) is 19.0 Å². The summed E-state index contributed by atoms with van der Waals surface area (Å²) in [6, 6.07) is 0. The van der Waals surface area contributed by atoms with Crippen LogP contribution < -0.4 is 0 Å². The third kappa shape index (κ3) is 4.06. The van der Waals surface area contributed by atoms with Gasteiger partial charge >= 0.3 is 5.97 Å². The Kier molecular flexibility index (Phi) is 5.71. The molecule has 0 radical (unpaired) electrons. The maximum atomic E-state index is 12.6. The Hall–Kier alpha value is -1.52. The zero-order valence-corrected chi connectivity index (χ0v) is 14.7. The Morgan fingerprint density at radius 3 is 2.52 bits per heavy atom. The van der Waals surface area contributed by atoms with Crippen LogP contribution in [0.2, 0.25) is 0 Å². The number of carbonyl (C=O) groups is 1. The highest BCUT2D eigenvalue weighted by molar-refractivity contribution is 6.20. The highest BCUT2D eigenvalue weighted by Gasteiger charge is 2.47. The first-order valence-corrected chi connectivity index (χ1v) is 8.75. The number of rotatable bonds is 5. The molecule has 1 N–H and O–H groups in total. The van der Waals surface area contributed by atoms with E-state index in [1.54, 1.807) is 0 Å². The van der Waals surface area contributed by atoms with E-state index in [1.807, 2.05) is 13.8 Å². The molecule has 2 atom stereocenters. The zero-order valence-electron chi connectivity index (χ0n) is 14.7. The van der Waals surface area contributed by atoms with Crippen LogP contribution in [0.25, 0.3) is 0 Å². The van der Waals surface area contributed by atoms with Gasteiger partial charge in [-0.3, -0.25) is 0 Å². The zero-order chi connectivity index (χ0) is 17.0. The molecule has 2 unspecified atom stereocenters. The fourth-order valence-electron chi connectivity index (χ4n) is 4.11. The minimum atomic E-state index is -0.551. The summed E-state index contributed by atoms with van der Waals surface area (Å²) >= 11 is 0. The summed E-state index contributed by atoms with van der Waals surface area (Å²) in [7, 11) is 0. The minimum absolute atomic E-state index is 0.106. The van der Waals surface area contributed by atoms with Gasteiger partial charge in [0.1, 0.15) is 23.5 Å². The van der Waals surface area contributed by atoms with Crippen LogP contribution in [-0.2, 0) is 14.4 Å². The molecule has 130 valence electrons. The van der Waals surface area contributed by atoms with Crippen molar-refractivity contribution in [3.63, 3.8) is 0 Å². The predicted molar refractivity (Wildman–Crippen MR) is 89.2 cm³/mol. The number of hydrogen-bond donors (Lipinski definition) is 1. The molecular formula is C18H29NO4. The smallest absolute Gasteiger partial charge is 0.344 e. The molecule has 0 amide bonds. The van der Waals surface area contributed by atoms with Crippen LogP contribution in [0.15, 0.2) is 16.5 Å². The van der Waals surface area contributed by atoms with Crippen LogP contribution in [0.5, 0.6) is 0 Å². The maximum absolute atomic E-state index is 12.6. The maximum Gasteiger partial charge on any atom is 0.344 e. The van der Waals surface area contributed by atoms with Crippen molar-refractivity contribution >= 4 is 11.7 Å². The van der Waals surface area contributed by atoms with E-state index < -0.39 is 11.6 Å². The summed E-state index contributed by atoms with van der Waals surface area (Å²) < 4.78 is 5.85. The van der Waals surface area contributed by atoms with Gasteiger partial charge in [0.25, 0.3) is 0 Å². The lowest BCUT2D eigenvalue weighted by Gasteiger charge is -2.44. The van der Waals surface area contributed by atoms with E-state index >= 15 is 0 Å². The fraction of sp³-hybridized carbons (Fsp3) is 0.778. The Morgan fingerprint density at radius 2 is 2.00 bits per heavy atom. The number of esters is 1. The van der Waals surface area contributed by atoms with Crippen molar-refractivity contribution < 1.29 is 19.5 Å². The van der Waals surface area contributed by atoms with Gasteiger partial charge in [-0.25, -0.2) is 4.79 Å². The van der Waals surface area contributed by atoms with Crippen LogP contribution >= 0.6 is 0 Å². The van der Waals surface area contributed by atoms with Crippen molar-refractivity contribution in [3.05, 3.63) is 11.3 Å². The molecule has 5 nitrogen and oxygen atoms in total. The monoisotopic (exact) mass is 323 g/mol. The molecule has 2 rings (SSSR count). The third-order valence-corrected chi connectivity index (χ3v) is 4.62. The number of oxime groups is 1. The molecule has 1 aliphatic carbocycles. The van der Waals surface area contributed by atoms with E-state index in [0.29, 0.717) is 37.0 Å². The van der Waals surface area contributed by atoms with Gasteiger partial charge in [0.15, 0.2) is 0 Å². The molecule has 1 spiro atoms. The lowest BCUT2D eigenvalue weighted by molar-refractivity contribution is -0.165. The number of nitrogens with zero attached hydrogens (tertiary/aromatic N) is 1. The largest absolute Gasteiger partial charge is 0.511 e. The van der Waals surface area contributed by atoms with Crippen LogP contribution in [0.3, 0.4) is 0 Å². The lowest BCUT2D eigenvalue weighted by atomic mass is 9.71. The molecule has 0 bridgehead atoms. The molecule has 1 saturated carbocycles. The van der Waals surface area contributed by atoms with Gasteiger partial charge in [-0.2, -0.15) is 0 Å². The number of aliphatic hydroxyl groups is 1. The molecule has 2 aliphatic rings. The molecule has 0 aromatic carbocycles. The number of hydrogen-bond acceptors (Lipinski definition) is 5. The number of carbonyl (C=O) groups excluding carboxylic acids is 1. The number of ether oxygens (including phenoxy) is 1. The summed E-state index contributed by atoms with van der Waals surface area (Å²) in [5.74, 6) is 0.637. The first-order valence-electron chi connectivity index (χ1n) is 8.75. The van der Waals surface area contributed by atoms with E-state index in [9.17, 15) is 9.90 Å². The Bertz CT molecular complexity index is 499. The van der Waals surface area contributed by atoms with Gasteiger partial charge in [0.05, 0.1) is 5.71 Å². The standard InChI is InChI=1S/C18H29NO4/c1-5-7-14(19-22-6-2)16-15(20)11-18(23-17(16)21)9-12(3)8-13(4)10-18/h12-13,20H,5-11H2,1-4H3/b19-14+. The van der Waals surface area contributed by atoms with Crippen molar-refractivity contribution in [2.24, 2.45) is 17.0 Å². The molecule has 5 heteroatoms. The molecule has 1 fully saturated rings. The quantitative estimate of drug-likeness (QED) is 0.469. The molecule has 23 heavy (non-hydrogen) atoms. The van der Waals surface area contributed by atoms with Gasteiger partial charge < -0.3 is 14.7 Å². The first-order chi connectivity index (χ1) is 10.9. The summed E-state index contributed by atoms with van der Waals surface area (Å²) in [6.45, 7) is 8.62. The van der Waals surface area contributed by atoms with Gasteiger partial charge in [-0.05, 0) is 44.4 Å². The summed E-state index contributed by atoms with van der Waals surface area (Å²) in [5.41, 5.74) is 0.144. The summed E-state index contributed by atoms with van der Waals surface area (Å²) in [5, 5.41) is 14.6. The second-order valence-corrected chi connectivity index (χ2v) is 7.13. The second kappa shape index (κ2) is 7.37. The van der Waals surface area contributed by atoms with Gasteiger partial charge in [-0.15, -0.1) is 0 Å². The Balaban J connectivity index is 2.29. The molecular weight excluding hydrogens is 294 g/mol. The molecule has 1 aliphatic heterocycles. The van der Waals surface area contributed by atoms with Gasteiger partial charge in [0, 0.05) is 6.42 Å². The summed E-state index contributed by atoms with van der Waals surface area (Å²) in [6.07, 6.45) is 4.54. The number of aliphatic hydroxyl groups excluding tert-OH is 1. The van der Waals surface area contributed by atoms with Gasteiger partial charge in [-0.1, -0.05) is 32.3 Å². The molecule has 1 heterocycles. The predicted octanol–water partition coefficient (Wildman–Crippen LogP) is 4.13. The molecule has 0 aromatic heterocycles. The van der Waals surface area contributed by atoms with E-state index in [-0.39, 0.29) is 11.3 Å². The van der Waals surface area contributed by atoms with Gasteiger partial charge in [0.2, 0.25) is 0 Å². The van der Waals surface area contributed by atoms with Crippen LogP contribution in [0.1, 0.15) is 66.2 Å². The highest BCUT2D eigenvalue weighted by atomic mass is 16.6. The van der Waals surface area contributed by atoms with Crippen LogP contribution in [0, 0.1) is 11.8 Å². The SMILES string of the molecule is CCC/C(=N\OCC)C1=C(O)CC2(CC(C)CC(C)C2)OC1=O. The molecule has 0 saturated heterocycles. The Labute approximate surface area is 138 Å². The Morgan fingerprint density at radius 1 is 1.35 bits per heavy atom. The normalized spacial score (nSPS) is 32.2. The summed E-state index contributed by atoms with van der Waals surface area (Å²) in [4.78, 5) is 17.7. The van der Waals surface area contributed by atoms with E-state index in [1.165, 1.54) is 0 Å². The third-order valence-electron chi connectivity index (χ3n) is 4.62. The first kappa shape index (κ1) is 17.8. The van der Waals surface area contributed by atoms with E-state index in [4.69, 9.17) is 9.57 Å².